The summed E-state index contributed by atoms with van der Waals surface area (Å²) in [5.74, 6) is 0.153. The van der Waals surface area contributed by atoms with Gasteiger partial charge in [0.2, 0.25) is 5.95 Å². The van der Waals surface area contributed by atoms with E-state index in [1.807, 2.05) is 36.4 Å². The summed E-state index contributed by atoms with van der Waals surface area (Å²) >= 11 is 0. The Balaban J connectivity index is 1.55. The van der Waals surface area contributed by atoms with Gasteiger partial charge in [0.1, 0.15) is 0 Å². The second-order valence-electron chi connectivity index (χ2n) is 5.60. The molecule has 0 aliphatic rings. The quantitative estimate of drug-likeness (QED) is 0.718. The summed E-state index contributed by atoms with van der Waals surface area (Å²) in [6.45, 7) is 0.545. The van der Waals surface area contributed by atoms with Crippen molar-refractivity contribution in [3.05, 3.63) is 83.7 Å². The maximum atomic E-state index is 12.1. The molecule has 0 saturated heterocycles. The molecule has 3 aromatic rings. The Labute approximate surface area is 151 Å². The third kappa shape index (κ3) is 4.65. The highest BCUT2D eigenvalue weighted by molar-refractivity contribution is 5.93. The molecular formula is C20H17N5O. The molecule has 0 bridgehead atoms. The SMILES string of the molecule is N#Cc1cccc(Nc2ncc(C(=O)NCCc3ccccc3)cn2)c1. The molecule has 0 aliphatic heterocycles. The Hall–Kier alpha value is -3.72. The molecule has 1 aromatic heterocycles. The van der Waals surface area contributed by atoms with Gasteiger partial charge in [-0.25, -0.2) is 9.97 Å². The number of carbonyl (C=O) groups excluding carboxylic acids is 1. The highest BCUT2D eigenvalue weighted by Crippen LogP contribution is 2.14. The topological polar surface area (TPSA) is 90.7 Å². The molecule has 1 heterocycles. The third-order valence-electron chi connectivity index (χ3n) is 3.70. The first kappa shape index (κ1) is 17.1. The van der Waals surface area contributed by atoms with E-state index in [4.69, 9.17) is 5.26 Å². The van der Waals surface area contributed by atoms with E-state index in [2.05, 4.69) is 26.7 Å². The summed E-state index contributed by atoms with van der Waals surface area (Å²) in [7, 11) is 0. The minimum Gasteiger partial charge on any atom is -0.352 e. The number of nitrogens with zero attached hydrogens (tertiary/aromatic N) is 3. The molecule has 6 nitrogen and oxygen atoms in total. The molecule has 0 spiro atoms. The monoisotopic (exact) mass is 343 g/mol. The van der Waals surface area contributed by atoms with E-state index in [9.17, 15) is 4.79 Å². The smallest absolute Gasteiger partial charge is 0.254 e. The second kappa shape index (κ2) is 8.40. The van der Waals surface area contributed by atoms with Crippen molar-refractivity contribution < 1.29 is 4.79 Å². The number of hydrogen-bond donors (Lipinski definition) is 2. The van der Waals surface area contributed by atoms with Crippen molar-refractivity contribution in [3.8, 4) is 6.07 Å². The van der Waals surface area contributed by atoms with E-state index in [-0.39, 0.29) is 5.91 Å². The number of benzene rings is 2. The van der Waals surface area contributed by atoms with Crippen molar-refractivity contribution in [2.45, 2.75) is 6.42 Å². The molecule has 0 fully saturated rings. The van der Waals surface area contributed by atoms with Crippen LogP contribution in [0, 0.1) is 11.3 Å². The zero-order valence-corrected chi connectivity index (χ0v) is 14.0. The van der Waals surface area contributed by atoms with Crippen LogP contribution in [0.2, 0.25) is 0 Å². The average Bonchev–Trinajstić information content (AvgIpc) is 2.69. The summed E-state index contributed by atoms with van der Waals surface area (Å²) in [6.07, 6.45) is 3.71. The van der Waals surface area contributed by atoms with Crippen molar-refractivity contribution in [1.82, 2.24) is 15.3 Å². The van der Waals surface area contributed by atoms with Gasteiger partial charge in [0.05, 0.1) is 17.2 Å². The lowest BCUT2D eigenvalue weighted by molar-refractivity contribution is 0.0953. The van der Waals surface area contributed by atoms with Crippen LogP contribution < -0.4 is 10.6 Å². The number of hydrogen-bond acceptors (Lipinski definition) is 5. The molecule has 1 amide bonds. The number of aromatic nitrogens is 2. The van der Waals surface area contributed by atoms with E-state index in [0.717, 1.165) is 6.42 Å². The van der Waals surface area contributed by atoms with Gasteiger partial charge in [-0.1, -0.05) is 36.4 Å². The predicted octanol–water partition coefficient (Wildman–Crippen LogP) is 3.06. The van der Waals surface area contributed by atoms with Gasteiger partial charge in [-0.05, 0) is 30.2 Å². The van der Waals surface area contributed by atoms with Gasteiger partial charge < -0.3 is 10.6 Å². The molecule has 0 unspecified atom stereocenters. The normalized spacial score (nSPS) is 9.96. The van der Waals surface area contributed by atoms with E-state index >= 15 is 0 Å². The molecule has 0 atom stereocenters. The second-order valence-corrected chi connectivity index (χ2v) is 5.60. The molecule has 26 heavy (non-hydrogen) atoms. The number of carbonyl (C=O) groups is 1. The lowest BCUT2D eigenvalue weighted by Crippen LogP contribution is -2.26. The Morgan fingerprint density at radius 1 is 1.04 bits per heavy atom. The number of rotatable bonds is 6. The molecule has 6 heteroatoms. The van der Waals surface area contributed by atoms with Crippen LogP contribution in [0.1, 0.15) is 21.5 Å². The molecule has 0 aliphatic carbocycles. The summed E-state index contributed by atoms with van der Waals surface area (Å²) in [4.78, 5) is 20.4. The van der Waals surface area contributed by atoms with Gasteiger partial charge in [-0.15, -0.1) is 0 Å². The van der Waals surface area contributed by atoms with Crippen LogP contribution in [0.15, 0.2) is 67.0 Å². The molecule has 3 rings (SSSR count). The van der Waals surface area contributed by atoms with Crippen LogP contribution in [-0.4, -0.2) is 22.4 Å². The fraction of sp³-hybridized carbons (Fsp3) is 0.100. The van der Waals surface area contributed by atoms with Crippen molar-refractivity contribution >= 4 is 17.5 Å². The van der Waals surface area contributed by atoms with Gasteiger partial charge in [-0.3, -0.25) is 4.79 Å². The number of nitrogens with one attached hydrogen (secondary N) is 2. The standard InChI is InChI=1S/C20H17N5O/c21-12-16-7-4-8-18(11-16)25-20-23-13-17(14-24-20)19(26)22-10-9-15-5-2-1-3-6-15/h1-8,11,13-14H,9-10H2,(H,22,26)(H,23,24,25). The van der Waals surface area contributed by atoms with Gasteiger partial charge in [0.15, 0.2) is 0 Å². The molecule has 2 aromatic carbocycles. The summed E-state index contributed by atoms with van der Waals surface area (Å²) in [6, 6.07) is 19.0. The van der Waals surface area contributed by atoms with Crippen molar-refractivity contribution in [1.29, 1.82) is 5.26 Å². The lowest BCUT2D eigenvalue weighted by Gasteiger charge is -2.07. The molecule has 0 radical (unpaired) electrons. The summed E-state index contributed by atoms with van der Waals surface area (Å²) < 4.78 is 0. The zero-order valence-electron chi connectivity index (χ0n) is 14.0. The van der Waals surface area contributed by atoms with Crippen LogP contribution in [0.4, 0.5) is 11.6 Å². The third-order valence-corrected chi connectivity index (χ3v) is 3.70. The van der Waals surface area contributed by atoms with E-state index in [1.165, 1.54) is 18.0 Å². The maximum absolute atomic E-state index is 12.1. The number of anilines is 2. The lowest BCUT2D eigenvalue weighted by atomic mass is 10.1. The average molecular weight is 343 g/mol. The number of nitriles is 1. The van der Waals surface area contributed by atoms with Crippen molar-refractivity contribution in [2.24, 2.45) is 0 Å². The van der Waals surface area contributed by atoms with Crippen LogP contribution >= 0.6 is 0 Å². The Bertz CT molecular complexity index is 917. The van der Waals surface area contributed by atoms with Gasteiger partial charge in [0.25, 0.3) is 5.91 Å². The minimum absolute atomic E-state index is 0.209. The first-order chi connectivity index (χ1) is 12.7. The summed E-state index contributed by atoms with van der Waals surface area (Å²) in [5.41, 5.74) is 2.83. The van der Waals surface area contributed by atoms with Crippen LogP contribution in [0.3, 0.4) is 0 Å². The molecule has 2 N–H and O–H groups in total. The Kier molecular flexibility index (Phi) is 5.53. The first-order valence-corrected chi connectivity index (χ1v) is 8.16. The van der Waals surface area contributed by atoms with Crippen molar-refractivity contribution in [2.75, 3.05) is 11.9 Å². The highest BCUT2D eigenvalue weighted by Gasteiger charge is 2.07. The van der Waals surface area contributed by atoms with Gasteiger partial charge >= 0.3 is 0 Å². The van der Waals surface area contributed by atoms with Crippen LogP contribution in [0.5, 0.6) is 0 Å². The Morgan fingerprint density at radius 2 is 1.81 bits per heavy atom. The fourth-order valence-electron chi connectivity index (χ4n) is 2.37. The Morgan fingerprint density at radius 3 is 2.54 bits per heavy atom. The van der Waals surface area contributed by atoms with E-state index in [0.29, 0.717) is 29.3 Å². The van der Waals surface area contributed by atoms with E-state index in [1.54, 1.807) is 18.2 Å². The van der Waals surface area contributed by atoms with Gasteiger partial charge in [0, 0.05) is 24.6 Å². The van der Waals surface area contributed by atoms with E-state index < -0.39 is 0 Å². The first-order valence-electron chi connectivity index (χ1n) is 8.16. The number of amides is 1. The van der Waals surface area contributed by atoms with Gasteiger partial charge in [-0.2, -0.15) is 5.26 Å². The predicted molar refractivity (Wildman–Crippen MR) is 99.0 cm³/mol. The largest absolute Gasteiger partial charge is 0.352 e. The highest BCUT2D eigenvalue weighted by atomic mass is 16.1. The van der Waals surface area contributed by atoms with Crippen LogP contribution in [-0.2, 0) is 6.42 Å². The molecule has 0 saturated carbocycles. The minimum atomic E-state index is -0.209. The molecule has 128 valence electrons. The van der Waals surface area contributed by atoms with Crippen molar-refractivity contribution in [3.63, 3.8) is 0 Å². The zero-order chi connectivity index (χ0) is 18.2. The molecular weight excluding hydrogens is 326 g/mol. The van der Waals surface area contributed by atoms with Crippen LogP contribution in [0.25, 0.3) is 0 Å². The fourth-order valence-corrected chi connectivity index (χ4v) is 2.37. The maximum Gasteiger partial charge on any atom is 0.254 e. The summed E-state index contributed by atoms with van der Waals surface area (Å²) in [5, 5.41) is 14.8.